The summed E-state index contributed by atoms with van der Waals surface area (Å²) in [6.07, 6.45) is 0.879. The number of rotatable bonds is 3. The molecule has 1 unspecified atom stereocenters. The summed E-state index contributed by atoms with van der Waals surface area (Å²) in [5.41, 5.74) is 2.12. The summed E-state index contributed by atoms with van der Waals surface area (Å²) in [5.74, 6) is 1.10. The zero-order valence-corrected chi connectivity index (χ0v) is 12.7. The average Bonchev–Trinajstić information content (AvgIpc) is 2.77. The Bertz CT molecular complexity index is 602. The minimum absolute atomic E-state index is 0.341. The van der Waals surface area contributed by atoms with Crippen molar-refractivity contribution in [2.75, 3.05) is 19.8 Å². The van der Waals surface area contributed by atoms with Crippen molar-refractivity contribution >= 4 is 22.6 Å². The van der Waals surface area contributed by atoms with Crippen molar-refractivity contribution in [1.82, 2.24) is 14.9 Å². The third-order valence-electron chi connectivity index (χ3n) is 3.67. The molecule has 108 valence electrons. The average molecular weight is 294 g/mol. The number of hydrogen-bond acceptors (Lipinski definition) is 3. The van der Waals surface area contributed by atoms with Gasteiger partial charge in [-0.2, -0.15) is 0 Å². The lowest BCUT2D eigenvalue weighted by molar-refractivity contribution is 0.0761. The van der Waals surface area contributed by atoms with Gasteiger partial charge in [-0.3, -0.25) is 0 Å². The Morgan fingerprint density at radius 1 is 1.50 bits per heavy atom. The van der Waals surface area contributed by atoms with E-state index in [9.17, 15) is 0 Å². The third-order valence-corrected chi connectivity index (χ3v) is 3.90. The first-order chi connectivity index (χ1) is 9.65. The molecule has 2 aromatic rings. The van der Waals surface area contributed by atoms with Crippen LogP contribution < -0.4 is 5.32 Å². The van der Waals surface area contributed by atoms with Crippen molar-refractivity contribution in [3.8, 4) is 0 Å². The zero-order valence-electron chi connectivity index (χ0n) is 11.9. The molecule has 0 amide bonds. The molecule has 1 fully saturated rings. The second-order valence-corrected chi connectivity index (χ2v) is 5.99. The first-order valence-corrected chi connectivity index (χ1v) is 7.50. The van der Waals surface area contributed by atoms with Crippen molar-refractivity contribution in [2.24, 2.45) is 0 Å². The normalized spacial score (nSPS) is 19.9. The molecule has 1 aliphatic heterocycles. The van der Waals surface area contributed by atoms with E-state index in [-0.39, 0.29) is 0 Å². The predicted molar refractivity (Wildman–Crippen MR) is 81.4 cm³/mol. The summed E-state index contributed by atoms with van der Waals surface area (Å²) in [5, 5.41) is 4.24. The summed E-state index contributed by atoms with van der Waals surface area (Å²) in [6, 6.07) is 6.59. The fraction of sp³-hybridized carbons (Fsp3) is 0.533. The van der Waals surface area contributed by atoms with E-state index >= 15 is 0 Å². The molecule has 0 bridgehead atoms. The SMILES string of the molecule is CC(C)n1c(CC2COCCN2)nc2ccc(Cl)cc21. The van der Waals surface area contributed by atoms with Crippen molar-refractivity contribution in [2.45, 2.75) is 32.4 Å². The number of hydrogen-bond donors (Lipinski definition) is 1. The zero-order chi connectivity index (χ0) is 14.1. The van der Waals surface area contributed by atoms with Crippen molar-refractivity contribution in [3.63, 3.8) is 0 Å². The van der Waals surface area contributed by atoms with Gasteiger partial charge in [0.2, 0.25) is 0 Å². The lowest BCUT2D eigenvalue weighted by Crippen LogP contribution is -2.43. The number of morpholine rings is 1. The van der Waals surface area contributed by atoms with Gasteiger partial charge < -0.3 is 14.6 Å². The van der Waals surface area contributed by atoms with E-state index in [4.69, 9.17) is 21.3 Å². The van der Waals surface area contributed by atoms with Gasteiger partial charge in [0.05, 0.1) is 24.2 Å². The fourth-order valence-corrected chi connectivity index (χ4v) is 2.97. The molecule has 1 atom stereocenters. The molecule has 1 aliphatic rings. The molecule has 5 heteroatoms. The molecule has 1 N–H and O–H groups in total. The quantitative estimate of drug-likeness (QED) is 0.946. The molecule has 0 aliphatic carbocycles. The van der Waals surface area contributed by atoms with E-state index < -0.39 is 0 Å². The highest BCUT2D eigenvalue weighted by molar-refractivity contribution is 6.31. The largest absolute Gasteiger partial charge is 0.379 e. The standard InChI is InChI=1S/C15H20ClN3O/c1-10(2)19-14-7-11(16)3-4-13(14)18-15(19)8-12-9-20-6-5-17-12/h3-4,7,10,12,17H,5-6,8-9H2,1-2H3. The molecule has 1 aromatic carbocycles. The predicted octanol–water partition coefficient (Wildman–Crippen LogP) is 2.80. The summed E-state index contributed by atoms with van der Waals surface area (Å²) in [4.78, 5) is 4.78. The summed E-state index contributed by atoms with van der Waals surface area (Å²) in [7, 11) is 0. The lowest BCUT2D eigenvalue weighted by Gasteiger charge is -2.24. The van der Waals surface area contributed by atoms with Crippen LogP contribution in [0.3, 0.4) is 0 Å². The smallest absolute Gasteiger partial charge is 0.111 e. The molecular weight excluding hydrogens is 274 g/mol. The van der Waals surface area contributed by atoms with E-state index in [0.29, 0.717) is 12.1 Å². The molecular formula is C15H20ClN3O. The molecule has 0 saturated carbocycles. The fourth-order valence-electron chi connectivity index (χ4n) is 2.81. The van der Waals surface area contributed by atoms with Gasteiger partial charge in [-0.05, 0) is 32.0 Å². The van der Waals surface area contributed by atoms with Gasteiger partial charge in [0.25, 0.3) is 0 Å². The van der Waals surface area contributed by atoms with Crippen molar-refractivity contribution in [3.05, 3.63) is 29.0 Å². The lowest BCUT2D eigenvalue weighted by atomic mass is 10.2. The van der Waals surface area contributed by atoms with E-state index in [0.717, 1.165) is 48.1 Å². The monoisotopic (exact) mass is 293 g/mol. The molecule has 4 nitrogen and oxygen atoms in total. The van der Waals surface area contributed by atoms with Crippen LogP contribution in [0.2, 0.25) is 5.02 Å². The minimum Gasteiger partial charge on any atom is -0.379 e. The third kappa shape index (κ3) is 2.68. The highest BCUT2D eigenvalue weighted by Crippen LogP contribution is 2.25. The Labute approximate surface area is 124 Å². The number of halogens is 1. The Morgan fingerprint density at radius 2 is 2.35 bits per heavy atom. The Balaban J connectivity index is 1.98. The van der Waals surface area contributed by atoms with Gasteiger partial charge in [0.15, 0.2) is 0 Å². The molecule has 1 aromatic heterocycles. The van der Waals surface area contributed by atoms with Crippen LogP contribution in [-0.2, 0) is 11.2 Å². The molecule has 20 heavy (non-hydrogen) atoms. The number of nitrogens with zero attached hydrogens (tertiary/aromatic N) is 2. The van der Waals surface area contributed by atoms with Gasteiger partial charge in [-0.15, -0.1) is 0 Å². The van der Waals surface area contributed by atoms with Crippen molar-refractivity contribution in [1.29, 1.82) is 0 Å². The first-order valence-electron chi connectivity index (χ1n) is 7.12. The van der Waals surface area contributed by atoms with Gasteiger partial charge >= 0.3 is 0 Å². The van der Waals surface area contributed by atoms with Crippen LogP contribution in [0.5, 0.6) is 0 Å². The van der Waals surface area contributed by atoms with Crippen LogP contribution in [0.1, 0.15) is 25.7 Å². The molecule has 2 heterocycles. The van der Waals surface area contributed by atoms with E-state index in [2.05, 4.69) is 23.7 Å². The first kappa shape index (κ1) is 13.9. The van der Waals surface area contributed by atoms with E-state index in [1.165, 1.54) is 0 Å². The topological polar surface area (TPSA) is 39.1 Å². The van der Waals surface area contributed by atoms with Crippen LogP contribution in [0, 0.1) is 0 Å². The number of aromatic nitrogens is 2. The number of fused-ring (bicyclic) bond motifs is 1. The summed E-state index contributed by atoms with van der Waals surface area (Å²) >= 11 is 6.12. The Hall–Kier alpha value is -1.10. The van der Waals surface area contributed by atoms with E-state index in [1.54, 1.807) is 0 Å². The van der Waals surface area contributed by atoms with E-state index in [1.807, 2.05) is 18.2 Å². The number of ether oxygens (including phenoxy) is 1. The molecule has 0 spiro atoms. The maximum atomic E-state index is 6.12. The summed E-state index contributed by atoms with van der Waals surface area (Å²) in [6.45, 7) is 6.82. The van der Waals surface area contributed by atoms with Gasteiger partial charge in [-0.1, -0.05) is 11.6 Å². The van der Waals surface area contributed by atoms with Crippen molar-refractivity contribution < 1.29 is 4.74 Å². The molecule has 0 radical (unpaired) electrons. The van der Waals surface area contributed by atoms with Crippen LogP contribution >= 0.6 is 11.6 Å². The molecule has 1 saturated heterocycles. The van der Waals surface area contributed by atoms with Gasteiger partial charge in [0.1, 0.15) is 5.82 Å². The van der Waals surface area contributed by atoms with Crippen LogP contribution in [0.25, 0.3) is 11.0 Å². The maximum Gasteiger partial charge on any atom is 0.111 e. The Kier molecular flexibility index (Phi) is 3.96. The van der Waals surface area contributed by atoms with Crippen LogP contribution in [0.4, 0.5) is 0 Å². The highest BCUT2D eigenvalue weighted by atomic mass is 35.5. The van der Waals surface area contributed by atoms with Crippen LogP contribution in [-0.4, -0.2) is 35.4 Å². The second kappa shape index (κ2) is 5.72. The van der Waals surface area contributed by atoms with Gasteiger partial charge in [-0.25, -0.2) is 4.98 Å². The highest BCUT2D eigenvalue weighted by Gasteiger charge is 2.19. The molecule has 3 rings (SSSR count). The number of imidazole rings is 1. The number of nitrogens with one attached hydrogen (secondary N) is 1. The maximum absolute atomic E-state index is 6.12. The minimum atomic E-state index is 0.341. The Morgan fingerprint density at radius 3 is 3.05 bits per heavy atom. The van der Waals surface area contributed by atoms with Crippen LogP contribution in [0.15, 0.2) is 18.2 Å². The van der Waals surface area contributed by atoms with Gasteiger partial charge in [0, 0.05) is 30.1 Å². The number of benzene rings is 1. The second-order valence-electron chi connectivity index (χ2n) is 5.55. The summed E-state index contributed by atoms with van der Waals surface area (Å²) < 4.78 is 7.80.